The number of nitrogens with zero attached hydrogens (tertiary/aromatic N) is 2. The molecule has 5 aliphatic rings. The Balaban J connectivity index is 1.50. The van der Waals surface area contributed by atoms with Crippen molar-refractivity contribution in [3.63, 3.8) is 0 Å². The minimum Gasteiger partial charge on any atom is -0.337 e. The van der Waals surface area contributed by atoms with Gasteiger partial charge in [0.05, 0.1) is 6.04 Å². The molecule has 4 heterocycles. The van der Waals surface area contributed by atoms with Gasteiger partial charge in [-0.3, -0.25) is 0 Å². The number of hydrogen-bond donors (Lipinski definition) is 0. The highest BCUT2D eigenvalue weighted by atomic mass is 15.4. The summed E-state index contributed by atoms with van der Waals surface area (Å²) in [5, 5.41) is 0. The van der Waals surface area contributed by atoms with Crippen molar-refractivity contribution in [2.75, 3.05) is 6.54 Å². The molecule has 2 aromatic carbocycles. The maximum Gasteiger partial charge on any atom is 0.168 e. The van der Waals surface area contributed by atoms with Gasteiger partial charge in [-0.05, 0) is 42.7 Å². The maximum atomic E-state index is 2.63. The predicted molar refractivity (Wildman–Crippen MR) is 131 cm³/mol. The molecule has 0 aromatic heterocycles. The van der Waals surface area contributed by atoms with E-state index in [2.05, 4.69) is 120 Å². The zero-order valence-electron chi connectivity index (χ0n) is 18.3. The van der Waals surface area contributed by atoms with Gasteiger partial charge in [-0.25, -0.2) is 0 Å². The first-order chi connectivity index (χ1) is 15.8. The molecule has 0 N–H and O–H groups in total. The number of allylic oxidation sites excluding steroid dienone is 8. The second-order valence-corrected chi connectivity index (χ2v) is 9.39. The van der Waals surface area contributed by atoms with Crippen LogP contribution < -0.4 is 0 Å². The van der Waals surface area contributed by atoms with Gasteiger partial charge in [0.2, 0.25) is 0 Å². The molecular weight excluding hydrogens is 388 g/mol. The molecule has 4 aliphatic heterocycles. The van der Waals surface area contributed by atoms with Gasteiger partial charge in [-0.15, -0.1) is 0 Å². The molecule has 3 atom stereocenters. The fourth-order valence-electron chi connectivity index (χ4n) is 6.34. The lowest BCUT2D eigenvalue weighted by molar-refractivity contribution is 0.0621. The summed E-state index contributed by atoms with van der Waals surface area (Å²) in [7, 11) is 0. The van der Waals surface area contributed by atoms with E-state index in [-0.39, 0.29) is 11.7 Å². The lowest BCUT2D eigenvalue weighted by Gasteiger charge is -2.47. The number of hydrogen-bond acceptors (Lipinski definition) is 2. The van der Waals surface area contributed by atoms with Crippen LogP contribution in [0.4, 0.5) is 0 Å². The highest BCUT2D eigenvalue weighted by Gasteiger charge is 2.58. The van der Waals surface area contributed by atoms with Gasteiger partial charge in [0, 0.05) is 41.1 Å². The van der Waals surface area contributed by atoms with Gasteiger partial charge in [0.1, 0.15) is 0 Å². The average Bonchev–Trinajstić information content (AvgIpc) is 3.31. The number of benzene rings is 2. The summed E-state index contributed by atoms with van der Waals surface area (Å²) >= 11 is 0. The first kappa shape index (κ1) is 18.1. The minimum atomic E-state index is -0.304. The van der Waals surface area contributed by atoms with Crippen molar-refractivity contribution in [3.8, 4) is 0 Å². The van der Waals surface area contributed by atoms with Crippen LogP contribution in [0.15, 0.2) is 109 Å². The lowest BCUT2D eigenvalue weighted by atomic mass is 9.86. The van der Waals surface area contributed by atoms with Crippen LogP contribution in [0.25, 0.3) is 5.70 Å². The van der Waals surface area contributed by atoms with E-state index in [0.29, 0.717) is 5.92 Å². The molecule has 32 heavy (non-hydrogen) atoms. The Morgan fingerprint density at radius 1 is 0.938 bits per heavy atom. The van der Waals surface area contributed by atoms with Gasteiger partial charge in [-0.2, -0.15) is 0 Å². The van der Waals surface area contributed by atoms with E-state index in [0.717, 1.165) is 13.0 Å². The second kappa shape index (κ2) is 6.49. The van der Waals surface area contributed by atoms with Crippen LogP contribution in [0.5, 0.6) is 0 Å². The Hall–Kier alpha value is -3.52. The highest BCUT2D eigenvalue weighted by Crippen LogP contribution is 2.60. The summed E-state index contributed by atoms with van der Waals surface area (Å²) in [6.07, 6.45) is 23.8. The maximum absolute atomic E-state index is 2.63. The Labute approximate surface area is 189 Å². The Bertz CT molecular complexity index is 1320. The smallest absolute Gasteiger partial charge is 0.168 e. The molecule has 0 fully saturated rings. The van der Waals surface area contributed by atoms with Crippen molar-refractivity contribution in [2.24, 2.45) is 0 Å². The van der Waals surface area contributed by atoms with Crippen molar-refractivity contribution in [3.05, 3.63) is 137 Å². The van der Waals surface area contributed by atoms with E-state index < -0.39 is 0 Å². The Kier molecular flexibility index (Phi) is 3.67. The quantitative estimate of drug-likeness (QED) is 0.522. The molecule has 2 aromatic rings. The molecule has 0 saturated heterocycles. The third-order valence-corrected chi connectivity index (χ3v) is 7.73. The molecule has 0 saturated carbocycles. The van der Waals surface area contributed by atoms with E-state index in [1.54, 1.807) is 0 Å². The van der Waals surface area contributed by atoms with Crippen molar-refractivity contribution in [1.29, 1.82) is 0 Å². The van der Waals surface area contributed by atoms with Gasteiger partial charge in [0.15, 0.2) is 5.66 Å². The first-order valence-corrected chi connectivity index (χ1v) is 11.7. The van der Waals surface area contributed by atoms with E-state index in [4.69, 9.17) is 0 Å². The standard InChI is InChI=1S/C30H26N2/c1-21-16-18-32-29(19-21)25-20-23(22-9-3-2-4-10-22)14-15-27(25)30(32)26-12-6-5-11-24(26)28-13-7-8-17-31(28)30/h2-9,11-17,19-20,22,28H,10,18H2,1H3/t22?,28?,30-/m0/s1. The molecule has 156 valence electrons. The van der Waals surface area contributed by atoms with Crippen LogP contribution in [0.1, 0.15) is 53.1 Å². The van der Waals surface area contributed by atoms with Crippen LogP contribution in [0, 0.1) is 0 Å². The summed E-state index contributed by atoms with van der Waals surface area (Å²) in [5.41, 5.74) is 9.42. The second-order valence-electron chi connectivity index (χ2n) is 9.39. The Morgan fingerprint density at radius 3 is 2.75 bits per heavy atom. The molecule has 2 unspecified atom stereocenters. The SMILES string of the molecule is CC1=CCN2C(=C1)c1cc(C3C=CC=CC3)ccc1[C@]21c2ccccc2C2C=CC=CN21. The zero-order valence-corrected chi connectivity index (χ0v) is 18.3. The van der Waals surface area contributed by atoms with Crippen LogP contribution in [0.3, 0.4) is 0 Å². The lowest BCUT2D eigenvalue weighted by Crippen LogP contribution is -2.51. The van der Waals surface area contributed by atoms with Gasteiger partial charge < -0.3 is 9.80 Å². The fraction of sp³-hybridized carbons (Fsp3) is 0.200. The predicted octanol–water partition coefficient (Wildman–Crippen LogP) is 6.54. The average molecular weight is 415 g/mol. The summed E-state index contributed by atoms with van der Waals surface area (Å²) in [6, 6.07) is 16.6. The van der Waals surface area contributed by atoms with Crippen LogP contribution in [-0.4, -0.2) is 16.3 Å². The van der Waals surface area contributed by atoms with Crippen molar-refractivity contribution < 1.29 is 0 Å². The molecule has 2 nitrogen and oxygen atoms in total. The molecule has 0 radical (unpaired) electrons. The van der Waals surface area contributed by atoms with Crippen molar-refractivity contribution >= 4 is 5.70 Å². The molecule has 1 spiro atoms. The van der Waals surface area contributed by atoms with Crippen LogP contribution >= 0.6 is 0 Å². The zero-order chi connectivity index (χ0) is 21.3. The van der Waals surface area contributed by atoms with Crippen molar-refractivity contribution in [1.82, 2.24) is 9.80 Å². The minimum absolute atomic E-state index is 0.265. The molecule has 0 bridgehead atoms. The largest absolute Gasteiger partial charge is 0.337 e. The molecular formula is C30H26N2. The van der Waals surface area contributed by atoms with E-state index in [1.807, 2.05) is 0 Å². The van der Waals surface area contributed by atoms with Crippen LogP contribution in [-0.2, 0) is 5.66 Å². The third kappa shape index (κ3) is 2.20. The van der Waals surface area contributed by atoms with E-state index >= 15 is 0 Å². The highest BCUT2D eigenvalue weighted by molar-refractivity contribution is 5.80. The monoisotopic (exact) mass is 414 g/mol. The number of rotatable bonds is 1. The van der Waals surface area contributed by atoms with Crippen LogP contribution in [0.2, 0.25) is 0 Å². The summed E-state index contributed by atoms with van der Waals surface area (Å²) in [4.78, 5) is 5.21. The third-order valence-electron chi connectivity index (χ3n) is 7.73. The molecule has 2 heteroatoms. The summed E-state index contributed by atoms with van der Waals surface area (Å²) < 4.78 is 0. The molecule has 0 amide bonds. The van der Waals surface area contributed by atoms with Gasteiger partial charge in [-0.1, -0.05) is 84.5 Å². The van der Waals surface area contributed by atoms with Crippen molar-refractivity contribution in [2.45, 2.75) is 31.0 Å². The summed E-state index contributed by atoms with van der Waals surface area (Å²) in [5.74, 6) is 0.456. The van der Waals surface area contributed by atoms with Gasteiger partial charge in [0.25, 0.3) is 0 Å². The van der Waals surface area contributed by atoms with Gasteiger partial charge >= 0.3 is 0 Å². The van der Waals surface area contributed by atoms with E-state index in [9.17, 15) is 0 Å². The first-order valence-electron chi connectivity index (χ1n) is 11.7. The summed E-state index contributed by atoms with van der Waals surface area (Å²) in [6.45, 7) is 3.14. The molecule has 1 aliphatic carbocycles. The fourth-order valence-corrected chi connectivity index (χ4v) is 6.34. The normalized spacial score (nSPS) is 28.4. The topological polar surface area (TPSA) is 6.48 Å². The molecule has 7 rings (SSSR count). The van der Waals surface area contributed by atoms with E-state index in [1.165, 1.54) is 39.1 Å². The Morgan fingerprint density at radius 2 is 1.84 bits per heavy atom. The number of fused-ring (bicyclic) bond motifs is 10.